The standard InChI is InChI=1S/C19H31ClN3O8PS/c1-6-9-33-32(28,22-12(4)16(26)30-11(2)3)29-10-13-15(25)19(5,20)17(31-13)23-8-7-14(24)21-18(23)27/h7-8,11-13,15,17,25H,6,9-10H2,1-5H3,(H,22,28)(H,21,24,27). The summed E-state index contributed by atoms with van der Waals surface area (Å²) in [5, 5.41) is 13.4. The second kappa shape index (κ2) is 11.5. The van der Waals surface area contributed by atoms with E-state index in [1.807, 2.05) is 6.92 Å². The van der Waals surface area contributed by atoms with Gasteiger partial charge in [0.15, 0.2) is 6.23 Å². The number of nitrogens with one attached hydrogen (secondary N) is 2. The topological polar surface area (TPSA) is 149 Å². The molecule has 14 heteroatoms. The van der Waals surface area contributed by atoms with Crippen LogP contribution in [0, 0.1) is 0 Å². The molecule has 11 nitrogen and oxygen atoms in total. The van der Waals surface area contributed by atoms with Crippen LogP contribution in [0.15, 0.2) is 21.9 Å². The maximum atomic E-state index is 13.4. The molecule has 1 saturated heterocycles. The maximum absolute atomic E-state index is 13.4. The lowest BCUT2D eigenvalue weighted by Crippen LogP contribution is -2.43. The van der Waals surface area contributed by atoms with Gasteiger partial charge in [0.05, 0.1) is 12.7 Å². The molecule has 1 aliphatic rings. The molecule has 2 heterocycles. The van der Waals surface area contributed by atoms with E-state index in [0.717, 1.165) is 22.0 Å². The van der Waals surface area contributed by atoms with Gasteiger partial charge >= 0.3 is 18.4 Å². The normalized spacial score (nSPS) is 27.9. The summed E-state index contributed by atoms with van der Waals surface area (Å²) in [5.41, 5.74) is -1.34. The molecule has 0 saturated carbocycles. The Kier molecular flexibility index (Phi) is 9.81. The number of alkyl halides is 1. The highest BCUT2D eigenvalue weighted by molar-refractivity contribution is 8.56. The summed E-state index contributed by atoms with van der Waals surface area (Å²) >= 11 is 7.52. The minimum atomic E-state index is -3.60. The van der Waals surface area contributed by atoms with Crippen molar-refractivity contribution >= 4 is 35.7 Å². The van der Waals surface area contributed by atoms with Crippen molar-refractivity contribution in [3.05, 3.63) is 33.1 Å². The number of aromatic amines is 1. The molecule has 1 fully saturated rings. The zero-order chi connectivity index (χ0) is 25.0. The van der Waals surface area contributed by atoms with E-state index in [4.69, 9.17) is 25.6 Å². The SMILES string of the molecule is CCCSP(=O)(NC(C)C(=O)OC(C)C)OCC1OC(n2ccc(=O)[nH]c2=O)C(C)(Cl)C1O. The number of aromatic nitrogens is 2. The Balaban J connectivity index is 2.16. The summed E-state index contributed by atoms with van der Waals surface area (Å²) < 4.78 is 31.0. The first kappa shape index (κ1) is 28.1. The first-order valence-electron chi connectivity index (χ1n) is 10.5. The Bertz CT molecular complexity index is 984. The molecule has 0 radical (unpaired) electrons. The molecule has 6 atom stereocenters. The van der Waals surface area contributed by atoms with Gasteiger partial charge in [-0.3, -0.25) is 23.7 Å². The molecule has 1 aliphatic heterocycles. The number of esters is 1. The van der Waals surface area contributed by atoms with Crippen molar-refractivity contribution < 1.29 is 28.5 Å². The van der Waals surface area contributed by atoms with E-state index >= 15 is 0 Å². The largest absolute Gasteiger partial charge is 0.462 e. The summed E-state index contributed by atoms with van der Waals surface area (Å²) in [6.45, 7) is 4.39. The van der Waals surface area contributed by atoms with Crippen molar-refractivity contribution in [3.8, 4) is 0 Å². The number of hydrogen-bond acceptors (Lipinski definition) is 9. The zero-order valence-electron chi connectivity index (χ0n) is 19.1. The van der Waals surface area contributed by atoms with Gasteiger partial charge in [-0.2, -0.15) is 0 Å². The Morgan fingerprint density at radius 3 is 2.70 bits per heavy atom. The van der Waals surface area contributed by atoms with Gasteiger partial charge in [-0.1, -0.05) is 18.3 Å². The molecule has 1 aromatic heterocycles. The minimum absolute atomic E-state index is 0.328. The van der Waals surface area contributed by atoms with Crippen LogP contribution in [0.5, 0.6) is 0 Å². The van der Waals surface area contributed by atoms with Crippen molar-refractivity contribution in [1.82, 2.24) is 14.6 Å². The molecule has 2 rings (SSSR count). The van der Waals surface area contributed by atoms with Crippen LogP contribution in [0.1, 0.15) is 47.3 Å². The molecule has 33 heavy (non-hydrogen) atoms. The van der Waals surface area contributed by atoms with Crippen LogP contribution >= 0.6 is 29.7 Å². The number of hydrogen-bond donors (Lipinski definition) is 3. The van der Waals surface area contributed by atoms with Crippen LogP contribution in [0.3, 0.4) is 0 Å². The van der Waals surface area contributed by atoms with Gasteiger partial charge in [0.25, 0.3) is 5.56 Å². The first-order chi connectivity index (χ1) is 15.3. The summed E-state index contributed by atoms with van der Waals surface area (Å²) in [6, 6.07) is 0.230. The van der Waals surface area contributed by atoms with Gasteiger partial charge in [0.1, 0.15) is 23.1 Å². The molecule has 0 amide bonds. The molecule has 0 aromatic carbocycles. The second-order valence-electron chi connectivity index (χ2n) is 8.10. The Morgan fingerprint density at radius 1 is 1.45 bits per heavy atom. The van der Waals surface area contributed by atoms with Gasteiger partial charge in [0.2, 0.25) is 0 Å². The minimum Gasteiger partial charge on any atom is -0.462 e. The smallest absolute Gasteiger partial charge is 0.330 e. The molecule has 0 bridgehead atoms. The predicted molar refractivity (Wildman–Crippen MR) is 126 cm³/mol. The van der Waals surface area contributed by atoms with Crippen molar-refractivity contribution in [2.75, 3.05) is 12.4 Å². The lowest BCUT2D eigenvalue weighted by Gasteiger charge is -2.26. The van der Waals surface area contributed by atoms with E-state index in [0.29, 0.717) is 12.2 Å². The Labute approximate surface area is 200 Å². The van der Waals surface area contributed by atoms with E-state index in [1.54, 1.807) is 13.8 Å². The molecule has 0 aliphatic carbocycles. The van der Waals surface area contributed by atoms with E-state index < -0.39 is 53.3 Å². The number of nitrogens with zero attached hydrogens (tertiary/aromatic N) is 1. The summed E-state index contributed by atoms with van der Waals surface area (Å²) in [6.07, 6.45) is -1.86. The van der Waals surface area contributed by atoms with E-state index in [-0.39, 0.29) is 12.7 Å². The highest BCUT2D eigenvalue weighted by atomic mass is 35.5. The maximum Gasteiger partial charge on any atom is 0.330 e. The molecular weight excluding hydrogens is 497 g/mol. The third-order valence-corrected chi connectivity index (χ3v) is 9.49. The fourth-order valence-electron chi connectivity index (χ4n) is 3.08. The highest BCUT2D eigenvalue weighted by Gasteiger charge is 2.54. The Hall–Kier alpha value is -1.14. The van der Waals surface area contributed by atoms with Crippen molar-refractivity contribution in [1.29, 1.82) is 0 Å². The van der Waals surface area contributed by atoms with E-state index in [2.05, 4.69) is 10.1 Å². The summed E-state index contributed by atoms with van der Waals surface area (Å²) in [4.78, 5) is 36.3. The van der Waals surface area contributed by atoms with Crippen molar-refractivity contribution in [3.63, 3.8) is 0 Å². The summed E-state index contributed by atoms with van der Waals surface area (Å²) in [5.74, 6) is -0.0821. The summed E-state index contributed by atoms with van der Waals surface area (Å²) in [7, 11) is 0. The van der Waals surface area contributed by atoms with Gasteiger partial charge in [-0.15, -0.1) is 11.6 Å². The monoisotopic (exact) mass is 527 g/mol. The number of halogens is 1. The second-order valence-corrected chi connectivity index (χ2v) is 13.3. The lowest BCUT2D eigenvalue weighted by molar-refractivity contribution is -0.149. The van der Waals surface area contributed by atoms with Crippen LogP contribution < -0.4 is 16.3 Å². The fraction of sp³-hybridized carbons (Fsp3) is 0.737. The molecule has 6 unspecified atom stereocenters. The van der Waals surface area contributed by atoms with E-state index in [9.17, 15) is 24.1 Å². The number of carbonyl (C=O) groups excluding carboxylic acids is 1. The van der Waals surface area contributed by atoms with Gasteiger partial charge < -0.3 is 19.1 Å². The molecule has 1 aromatic rings. The highest BCUT2D eigenvalue weighted by Crippen LogP contribution is 2.57. The number of rotatable bonds is 11. The number of aliphatic hydroxyl groups is 1. The van der Waals surface area contributed by atoms with Gasteiger partial charge in [-0.25, -0.2) is 9.88 Å². The van der Waals surface area contributed by atoms with Crippen LogP contribution in [0.25, 0.3) is 0 Å². The molecule has 0 spiro atoms. The lowest BCUT2D eigenvalue weighted by atomic mass is 10.0. The van der Waals surface area contributed by atoms with Crippen molar-refractivity contribution in [2.45, 2.75) is 76.5 Å². The number of aliphatic hydroxyl groups excluding tert-OH is 1. The van der Waals surface area contributed by atoms with Crippen LogP contribution in [0.4, 0.5) is 0 Å². The predicted octanol–water partition coefficient (Wildman–Crippen LogP) is 1.99. The van der Waals surface area contributed by atoms with Crippen LogP contribution in [-0.4, -0.2) is 62.2 Å². The average Bonchev–Trinajstić information content (AvgIpc) is 2.94. The van der Waals surface area contributed by atoms with Gasteiger partial charge in [-0.05, 0) is 34.1 Å². The van der Waals surface area contributed by atoms with E-state index in [1.165, 1.54) is 20.0 Å². The zero-order valence-corrected chi connectivity index (χ0v) is 21.6. The first-order valence-corrected chi connectivity index (χ1v) is 14.1. The number of carbonyl (C=O) groups is 1. The number of H-pyrrole nitrogens is 1. The van der Waals surface area contributed by atoms with Crippen molar-refractivity contribution in [2.24, 2.45) is 0 Å². The number of ether oxygens (including phenoxy) is 2. The molecular formula is C19H31ClN3O8PS. The van der Waals surface area contributed by atoms with Crippen LogP contribution in [0.2, 0.25) is 0 Å². The molecule has 188 valence electrons. The third-order valence-electron chi connectivity index (χ3n) is 4.75. The fourth-order valence-corrected chi connectivity index (χ4v) is 7.32. The van der Waals surface area contributed by atoms with Gasteiger partial charge in [0, 0.05) is 18.0 Å². The third kappa shape index (κ3) is 7.17. The molecule has 3 N–H and O–H groups in total. The average molecular weight is 528 g/mol. The Morgan fingerprint density at radius 2 is 2.12 bits per heavy atom. The van der Waals surface area contributed by atoms with Crippen LogP contribution in [-0.2, 0) is 23.4 Å². The quantitative estimate of drug-likeness (QED) is 0.221.